The molecule has 1 radical (unpaired) electrons. The molecule has 1 rings (SSSR count). The fourth-order valence-corrected chi connectivity index (χ4v) is 1.42. The molecule has 0 saturated carbocycles. The van der Waals surface area contributed by atoms with Gasteiger partial charge >= 0.3 is 0 Å². The highest BCUT2D eigenvalue weighted by Gasteiger charge is 2.24. The molecule has 0 nitrogen and oxygen atoms in total. The van der Waals surface area contributed by atoms with Crippen LogP contribution >= 0.6 is 0 Å². The van der Waals surface area contributed by atoms with E-state index in [0.29, 0.717) is 5.41 Å². The van der Waals surface area contributed by atoms with Crippen LogP contribution in [0.3, 0.4) is 0 Å². The molecule has 0 aromatic heterocycles. The Balaban J connectivity index is 2.87. The lowest BCUT2D eigenvalue weighted by Gasteiger charge is -2.31. The predicted molar refractivity (Wildman–Crippen MR) is 50.2 cm³/mol. The summed E-state index contributed by atoms with van der Waals surface area (Å²) in [4.78, 5) is 0. The largest absolute Gasteiger partial charge is 0.0807 e. The number of rotatable bonds is 1. The molecule has 0 fully saturated rings. The molecule has 0 heterocycles. The summed E-state index contributed by atoms with van der Waals surface area (Å²) in [5, 5.41) is 0. The maximum Gasteiger partial charge on any atom is -0.00813 e. The van der Waals surface area contributed by atoms with E-state index in [2.05, 4.69) is 39.8 Å². The van der Waals surface area contributed by atoms with Crippen LogP contribution in [0, 0.1) is 12.3 Å². The van der Waals surface area contributed by atoms with Gasteiger partial charge in [-0.25, -0.2) is 0 Å². The van der Waals surface area contributed by atoms with Gasteiger partial charge in [-0.15, -0.1) is 0 Å². The zero-order chi connectivity index (χ0) is 8.48. The summed E-state index contributed by atoms with van der Waals surface area (Å²) in [6, 6.07) is 0. The summed E-state index contributed by atoms with van der Waals surface area (Å²) in [5.41, 5.74) is 3.21. The standard InChI is InChI=1S/C11H17/c1-5-11(4)7-6-9(2)8-10(11)3/h6,8H,1,5,7H2,2-4H3. The van der Waals surface area contributed by atoms with Crippen molar-refractivity contribution in [2.45, 2.75) is 33.6 Å². The predicted octanol–water partition coefficient (Wildman–Crippen LogP) is 3.51. The summed E-state index contributed by atoms with van der Waals surface area (Å²) in [5.74, 6) is 0. The Hall–Kier alpha value is -0.520. The molecule has 0 aromatic carbocycles. The molecule has 0 bridgehead atoms. The fraction of sp³-hybridized carbons (Fsp3) is 0.545. The summed E-state index contributed by atoms with van der Waals surface area (Å²) in [6.07, 6.45) is 6.73. The second-order valence-electron chi connectivity index (χ2n) is 3.79. The molecular formula is C11H17. The van der Waals surface area contributed by atoms with Crippen LogP contribution in [0.1, 0.15) is 33.6 Å². The SMILES string of the molecule is [CH2]CC1(C)CC=C(C)C=C1C. The Morgan fingerprint density at radius 3 is 2.64 bits per heavy atom. The van der Waals surface area contributed by atoms with Crippen LogP contribution in [0.25, 0.3) is 0 Å². The second kappa shape index (κ2) is 2.84. The molecule has 11 heavy (non-hydrogen) atoms. The number of hydrogen-bond acceptors (Lipinski definition) is 0. The third-order valence-electron chi connectivity index (χ3n) is 2.82. The van der Waals surface area contributed by atoms with Gasteiger partial charge in [0.2, 0.25) is 0 Å². The molecule has 0 amide bonds. The monoisotopic (exact) mass is 149 g/mol. The summed E-state index contributed by atoms with van der Waals surface area (Å²) in [7, 11) is 0. The van der Waals surface area contributed by atoms with E-state index in [0.717, 1.165) is 12.8 Å². The smallest absolute Gasteiger partial charge is 0.00813 e. The highest BCUT2D eigenvalue weighted by molar-refractivity contribution is 5.30. The van der Waals surface area contributed by atoms with Crippen molar-refractivity contribution in [3.8, 4) is 0 Å². The third-order valence-corrected chi connectivity index (χ3v) is 2.82. The summed E-state index contributed by atoms with van der Waals surface area (Å²) < 4.78 is 0. The van der Waals surface area contributed by atoms with Gasteiger partial charge in [0.15, 0.2) is 0 Å². The average Bonchev–Trinajstić information content (AvgIpc) is 1.98. The van der Waals surface area contributed by atoms with Crippen molar-refractivity contribution in [2.24, 2.45) is 5.41 Å². The minimum absolute atomic E-state index is 0.333. The van der Waals surface area contributed by atoms with Gasteiger partial charge in [-0.3, -0.25) is 0 Å². The van der Waals surface area contributed by atoms with Crippen LogP contribution in [-0.2, 0) is 0 Å². The molecule has 0 spiro atoms. The highest BCUT2D eigenvalue weighted by atomic mass is 14.3. The van der Waals surface area contributed by atoms with Crippen molar-refractivity contribution in [1.82, 2.24) is 0 Å². The van der Waals surface area contributed by atoms with Crippen LogP contribution in [0.4, 0.5) is 0 Å². The molecule has 1 aliphatic carbocycles. The van der Waals surface area contributed by atoms with E-state index in [1.54, 1.807) is 0 Å². The molecule has 0 aromatic rings. The van der Waals surface area contributed by atoms with Gasteiger partial charge in [-0.2, -0.15) is 0 Å². The average molecular weight is 149 g/mol. The van der Waals surface area contributed by atoms with E-state index in [4.69, 9.17) is 0 Å². The lowest BCUT2D eigenvalue weighted by atomic mass is 9.74. The van der Waals surface area contributed by atoms with Crippen molar-refractivity contribution in [1.29, 1.82) is 0 Å². The first-order chi connectivity index (χ1) is 5.08. The normalized spacial score (nSPS) is 31.3. The van der Waals surface area contributed by atoms with Gasteiger partial charge in [0.25, 0.3) is 0 Å². The van der Waals surface area contributed by atoms with Crippen LogP contribution in [0.5, 0.6) is 0 Å². The van der Waals surface area contributed by atoms with Crippen molar-refractivity contribution < 1.29 is 0 Å². The van der Waals surface area contributed by atoms with Crippen molar-refractivity contribution in [2.75, 3.05) is 0 Å². The van der Waals surface area contributed by atoms with Gasteiger partial charge in [0.1, 0.15) is 0 Å². The molecule has 0 aliphatic heterocycles. The lowest BCUT2D eigenvalue weighted by molar-refractivity contribution is 0.401. The molecule has 0 saturated heterocycles. The molecular weight excluding hydrogens is 132 g/mol. The number of allylic oxidation sites excluding steroid dienone is 4. The van der Waals surface area contributed by atoms with Gasteiger partial charge in [0.05, 0.1) is 0 Å². The quantitative estimate of drug-likeness (QED) is 0.535. The van der Waals surface area contributed by atoms with E-state index in [-0.39, 0.29) is 0 Å². The highest BCUT2D eigenvalue weighted by Crippen LogP contribution is 2.38. The van der Waals surface area contributed by atoms with E-state index >= 15 is 0 Å². The Kier molecular flexibility index (Phi) is 2.22. The third kappa shape index (κ3) is 1.55. The summed E-state index contributed by atoms with van der Waals surface area (Å²) in [6.45, 7) is 10.6. The first-order valence-electron chi connectivity index (χ1n) is 4.23. The maximum atomic E-state index is 3.99. The summed E-state index contributed by atoms with van der Waals surface area (Å²) >= 11 is 0. The van der Waals surface area contributed by atoms with Crippen molar-refractivity contribution in [3.05, 3.63) is 30.2 Å². The van der Waals surface area contributed by atoms with Crippen LogP contribution in [0.15, 0.2) is 23.3 Å². The van der Waals surface area contributed by atoms with Crippen LogP contribution < -0.4 is 0 Å². The molecule has 0 N–H and O–H groups in total. The maximum absolute atomic E-state index is 3.99. The topological polar surface area (TPSA) is 0 Å². The van der Waals surface area contributed by atoms with Gasteiger partial charge in [-0.1, -0.05) is 37.1 Å². The van der Waals surface area contributed by atoms with E-state index < -0.39 is 0 Å². The molecule has 1 unspecified atom stereocenters. The Labute approximate surface area is 70.0 Å². The molecule has 61 valence electrons. The minimum atomic E-state index is 0.333. The van der Waals surface area contributed by atoms with E-state index in [1.165, 1.54) is 11.1 Å². The van der Waals surface area contributed by atoms with Gasteiger partial charge in [0, 0.05) is 0 Å². The van der Waals surface area contributed by atoms with Crippen molar-refractivity contribution >= 4 is 0 Å². The van der Waals surface area contributed by atoms with Gasteiger partial charge < -0.3 is 0 Å². The molecule has 1 atom stereocenters. The zero-order valence-corrected chi connectivity index (χ0v) is 7.78. The molecule has 0 heteroatoms. The van der Waals surface area contributed by atoms with Crippen molar-refractivity contribution in [3.63, 3.8) is 0 Å². The van der Waals surface area contributed by atoms with Crippen LogP contribution in [-0.4, -0.2) is 0 Å². The van der Waals surface area contributed by atoms with E-state index in [1.807, 2.05) is 0 Å². The Morgan fingerprint density at radius 2 is 2.18 bits per heavy atom. The van der Waals surface area contributed by atoms with Gasteiger partial charge in [-0.05, 0) is 32.1 Å². The van der Waals surface area contributed by atoms with Crippen LogP contribution in [0.2, 0.25) is 0 Å². The first kappa shape index (κ1) is 8.58. The number of hydrogen-bond donors (Lipinski definition) is 0. The minimum Gasteiger partial charge on any atom is -0.0807 e. The second-order valence-corrected chi connectivity index (χ2v) is 3.79. The Morgan fingerprint density at radius 1 is 1.55 bits per heavy atom. The lowest BCUT2D eigenvalue weighted by Crippen LogP contribution is -2.18. The Bertz CT molecular complexity index is 208. The molecule has 1 aliphatic rings. The fourth-order valence-electron chi connectivity index (χ4n) is 1.42. The van der Waals surface area contributed by atoms with E-state index in [9.17, 15) is 0 Å². The zero-order valence-electron chi connectivity index (χ0n) is 7.78. The first-order valence-corrected chi connectivity index (χ1v) is 4.23.